The second-order valence-corrected chi connectivity index (χ2v) is 4.94. The Morgan fingerprint density at radius 1 is 1.33 bits per heavy atom. The molecule has 0 radical (unpaired) electrons. The largest absolute Gasteiger partial charge is 0.351 e. The predicted molar refractivity (Wildman–Crippen MR) is 82.3 cm³/mol. The van der Waals surface area contributed by atoms with Crippen LogP contribution in [0.5, 0.6) is 0 Å². The van der Waals surface area contributed by atoms with Gasteiger partial charge in [-0.05, 0) is 40.9 Å². The van der Waals surface area contributed by atoms with Crippen LogP contribution in [0.3, 0.4) is 0 Å². The first kappa shape index (κ1) is 17.1. The van der Waals surface area contributed by atoms with E-state index in [1.54, 1.807) is 6.92 Å². The van der Waals surface area contributed by atoms with Crippen LogP contribution < -0.4 is 16.2 Å². The van der Waals surface area contributed by atoms with Crippen LogP contribution in [0.25, 0.3) is 0 Å². The van der Waals surface area contributed by atoms with Crippen LogP contribution in [-0.2, 0) is 0 Å². The van der Waals surface area contributed by atoms with Gasteiger partial charge in [0.05, 0.1) is 4.92 Å². The fourth-order valence-corrected chi connectivity index (χ4v) is 2.04. The molecule has 1 heterocycles. The van der Waals surface area contributed by atoms with Crippen molar-refractivity contribution in [2.45, 2.75) is 20.3 Å². The van der Waals surface area contributed by atoms with E-state index in [-0.39, 0.29) is 11.6 Å². The molecule has 0 aromatic carbocycles. The molecular weight excluding hydrogens is 274 g/mol. The number of nitrogens with zero attached hydrogens (tertiary/aromatic N) is 5. The number of nitrogens with one attached hydrogen (secondary N) is 1. The molecule has 118 valence electrons. The summed E-state index contributed by atoms with van der Waals surface area (Å²) in [5.74, 6) is 5.81. The molecule has 0 aliphatic heterocycles. The first-order chi connectivity index (χ1) is 9.90. The van der Waals surface area contributed by atoms with Crippen LogP contribution in [-0.4, -0.2) is 53.5 Å². The quantitative estimate of drug-likeness (QED) is 0.410. The Morgan fingerprint density at radius 2 is 2.00 bits per heavy atom. The summed E-state index contributed by atoms with van der Waals surface area (Å²) in [5, 5.41) is 11.3. The van der Waals surface area contributed by atoms with Gasteiger partial charge in [-0.3, -0.25) is 15.5 Å². The zero-order chi connectivity index (χ0) is 16.0. The average molecular weight is 297 g/mol. The van der Waals surface area contributed by atoms with Gasteiger partial charge in [0.2, 0.25) is 11.8 Å². The lowest BCUT2D eigenvalue weighted by atomic mass is 10.3. The summed E-state index contributed by atoms with van der Waals surface area (Å²) in [6.45, 7) is 5.71. The van der Waals surface area contributed by atoms with Gasteiger partial charge in [0, 0.05) is 13.1 Å². The van der Waals surface area contributed by atoms with Gasteiger partial charge in [0.15, 0.2) is 0 Å². The van der Waals surface area contributed by atoms with Crippen LogP contribution in [0, 0.1) is 17.0 Å². The third-order valence-corrected chi connectivity index (χ3v) is 3.07. The van der Waals surface area contributed by atoms with Crippen LogP contribution >= 0.6 is 0 Å². The van der Waals surface area contributed by atoms with Gasteiger partial charge < -0.3 is 9.80 Å². The molecule has 1 aromatic heterocycles. The molecule has 3 N–H and O–H groups in total. The van der Waals surface area contributed by atoms with Gasteiger partial charge in [0.25, 0.3) is 0 Å². The van der Waals surface area contributed by atoms with Crippen LogP contribution in [0.2, 0.25) is 0 Å². The van der Waals surface area contributed by atoms with Crippen molar-refractivity contribution in [2.75, 3.05) is 44.1 Å². The molecule has 0 saturated heterocycles. The van der Waals surface area contributed by atoms with Crippen molar-refractivity contribution >= 4 is 17.5 Å². The number of hydrazine groups is 1. The third-order valence-electron chi connectivity index (χ3n) is 3.07. The predicted octanol–water partition coefficient (Wildman–Crippen LogP) is 0.757. The molecule has 0 saturated carbocycles. The van der Waals surface area contributed by atoms with Gasteiger partial charge >= 0.3 is 5.69 Å². The molecule has 0 aliphatic rings. The summed E-state index contributed by atoms with van der Waals surface area (Å²) in [7, 11) is 3.98. The van der Waals surface area contributed by atoms with Crippen LogP contribution in [0.15, 0.2) is 0 Å². The fraction of sp³-hybridized carbons (Fsp3) is 0.667. The van der Waals surface area contributed by atoms with E-state index in [1.807, 2.05) is 25.9 Å². The second-order valence-electron chi connectivity index (χ2n) is 4.94. The molecule has 1 aromatic rings. The topological polar surface area (TPSA) is 113 Å². The summed E-state index contributed by atoms with van der Waals surface area (Å²) < 4.78 is 0. The molecule has 0 amide bonds. The molecule has 1 rings (SSSR count). The third kappa shape index (κ3) is 4.50. The van der Waals surface area contributed by atoms with Crippen molar-refractivity contribution in [3.63, 3.8) is 0 Å². The molecule has 0 atom stereocenters. The smallest absolute Gasteiger partial charge is 0.332 e. The van der Waals surface area contributed by atoms with E-state index in [4.69, 9.17) is 5.84 Å². The molecule has 21 heavy (non-hydrogen) atoms. The Morgan fingerprint density at radius 3 is 2.48 bits per heavy atom. The van der Waals surface area contributed by atoms with Gasteiger partial charge in [-0.1, -0.05) is 0 Å². The lowest BCUT2D eigenvalue weighted by Gasteiger charge is -2.23. The first-order valence-electron chi connectivity index (χ1n) is 6.80. The zero-order valence-corrected chi connectivity index (χ0v) is 13.0. The van der Waals surface area contributed by atoms with Crippen molar-refractivity contribution in [1.29, 1.82) is 0 Å². The Bertz CT molecular complexity index is 493. The van der Waals surface area contributed by atoms with Crippen molar-refractivity contribution in [3.8, 4) is 0 Å². The SMILES string of the molecule is CCN(CCCN(C)C)c1nc(NN)nc(C)c1[N+](=O)[O-]. The highest BCUT2D eigenvalue weighted by Gasteiger charge is 2.25. The van der Waals surface area contributed by atoms with Crippen molar-refractivity contribution < 1.29 is 4.92 Å². The van der Waals surface area contributed by atoms with Crippen LogP contribution in [0.1, 0.15) is 19.0 Å². The minimum Gasteiger partial charge on any atom is -0.351 e. The molecular formula is C12H23N7O2. The van der Waals surface area contributed by atoms with E-state index in [1.165, 1.54) is 0 Å². The Balaban J connectivity index is 3.10. The molecule has 0 spiro atoms. The minimum absolute atomic E-state index is 0.0688. The fourth-order valence-electron chi connectivity index (χ4n) is 2.04. The number of hydrogen-bond acceptors (Lipinski definition) is 8. The highest BCUT2D eigenvalue weighted by atomic mass is 16.6. The van der Waals surface area contributed by atoms with E-state index in [0.717, 1.165) is 13.0 Å². The Hall–Kier alpha value is -2.00. The van der Waals surface area contributed by atoms with Crippen LogP contribution in [0.4, 0.5) is 17.5 Å². The van der Waals surface area contributed by atoms with E-state index in [0.29, 0.717) is 24.6 Å². The highest BCUT2D eigenvalue weighted by Crippen LogP contribution is 2.29. The lowest BCUT2D eigenvalue weighted by Crippen LogP contribution is -2.29. The van der Waals surface area contributed by atoms with E-state index < -0.39 is 4.92 Å². The number of nitro groups is 1. The van der Waals surface area contributed by atoms with Gasteiger partial charge in [-0.25, -0.2) is 10.8 Å². The molecule has 9 heteroatoms. The Kier molecular flexibility index (Phi) is 6.25. The van der Waals surface area contributed by atoms with E-state index >= 15 is 0 Å². The minimum atomic E-state index is -0.445. The highest BCUT2D eigenvalue weighted by molar-refractivity contribution is 5.62. The zero-order valence-electron chi connectivity index (χ0n) is 13.0. The maximum Gasteiger partial charge on any atom is 0.332 e. The normalized spacial score (nSPS) is 10.8. The van der Waals surface area contributed by atoms with Gasteiger partial charge in [-0.2, -0.15) is 4.98 Å². The number of nitrogens with two attached hydrogens (primary N) is 1. The van der Waals surface area contributed by atoms with E-state index in [2.05, 4.69) is 20.3 Å². The summed E-state index contributed by atoms with van der Waals surface area (Å²) in [6, 6.07) is 0. The second kappa shape index (κ2) is 7.70. The number of anilines is 2. The summed E-state index contributed by atoms with van der Waals surface area (Å²) in [6.07, 6.45) is 0.881. The lowest BCUT2D eigenvalue weighted by molar-refractivity contribution is -0.385. The summed E-state index contributed by atoms with van der Waals surface area (Å²) in [4.78, 5) is 22.9. The number of rotatable bonds is 8. The molecule has 0 unspecified atom stereocenters. The van der Waals surface area contributed by atoms with E-state index in [9.17, 15) is 10.1 Å². The van der Waals surface area contributed by atoms with Crippen molar-refractivity contribution in [1.82, 2.24) is 14.9 Å². The Labute approximate surface area is 124 Å². The van der Waals surface area contributed by atoms with Gasteiger partial charge in [-0.15, -0.1) is 0 Å². The van der Waals surface area contributed by atoms with Gasteiger partial charge in [0.1, 0.15) is 5.69 Å². The molecule has 9 nitrogen and oxygen atoms in total. The van der Waals surface area contributed by atoms with Crippen molar-refractivity contribution in [3.05, 3.63) is 15.8 Å². The summed E-state index contributed by atoms with van der Waals surface area (Å²) in [5.41, 5.74) is 2.57. The maximum atomic E-state index is 11.3. The number of aryl methyl sites for hydroxylation is 1. The maximum absolute atomic E-state index is 11.3. The first-order valence-corrected chi connectivity index (χ1v) is 6.80. The molecule has 0 bridgehead atoms. The van der Waals surface area contributed by atoms with Crippen molar-refractivity contribution in [2.24, 2.45) is 5.84 Å². The average Bonchev–Trinajstić information content (AvgIpc) is 2.41. The number of nitrogen functional groups attached to an aromatic ring is 1. The molecule has 0 fully saturated rings. The number of hydrogen-bond donors (Lipinski definition) is 2. The monoisotopic (exact) mass is 297 g/mol. The number of aromatic nitrogens is 2. The summed E-state index contributed by atoms with van der Waals surface area (Å²) >= 11 is 0. The standard InChI is InChI=1S/C12H23N7O2/c1-5-18(8-6-7-17(3)4)11-10(19(20)21)9(2)14-12(15-11)16-13/h5-8,13H2,1-4H3,(H,14,15,16). The molecule has 0 aliphatic carbocycles.